The van der Waals surface area contributed by atoms with E-state index in [4.69, 9.17) is 5.11 Å². The van der Waals surface area contributed by atoms with Gasteiger partial charge in [0.25, 0.3) is 0 Å². The highest BCUT2D eigenvalue weighted by atomic mass is 16.4. The number of carbonyl (C=O) groups is 2. The van der Waals surface area contributed by atoms with Gasteiger partial charge in [0, 0.05) is 11.6 Å². The number of aliphatic carboxylic acids is 1. The Morgan fingerprint density at radius 1 is 1.50 bits per heavy atom. The van der Waals surface area contributed by atoms with Gasteiger partial charge in [0.15, 0.2) is 0 Å². The minimum Gasteiger partial charge on any atom is -0.478 e. The minimum absolute atomic E-state index is 0.0198. The van der Waals surface area contributed by atoms with E-state index >= 15 is 0 Å². The van der Waals surface area contributed by atoms with Gasteiger partial charge in [-0.1, -0.05) is 13.8 Å². The van der Waals surface area contributed by atoms with Crippen molar-refractivity contribution >= 4 is 12.3 Å². The predicted octanol–water partition coefficient (Wildman–Crippen LogP) is 0.852. The average molecular weight is 142 g/mol. The molecule has 0 saturated heterocycles. The molecule has 0 fully saturated rings. The van der Waals surface area contributed by atoms with Crippen LogP contribution in [0.1, 0.15) is 13.8 Å². The van der Waals surface area contributed by atoms with Crippen molar-refractivity contribution in [3.8, 4) is 0 Å². The molecule has 0 aromatic heterocycles. The van der Waals surface area contributed by atoms with Gasteiger partial charge in [0.05, 0.1) is 0 Å². The van der Waals surface area contributed by atoms with Crippen LogP contribution in [0.25, 0.3) is 0 Å². The highest BCUT2D eigenvalue weighted by Gasteiger charge is 2.02. The summed E-state index contributed by atoms with van der Waals surface area (Å²) in [7, 11) is 0. The van der Waals surface area contributed by atoms with Crippen molar-refractivity contribution in [2.45, 2.75) is 13.8 Å². The molecule has 0 atom stereocenters. The number of rotatable bonds is 3. The Morgan fingerprint density at radius 2 is 2.00 bits per heavy atom. The Hall–Kier alpha value is -1.12. The molecular weight excluding hydrogens is 132 g/mol. The lowest BCUT2D eigenvalue weighted by Gasteiger charge is -1.99. The van der Waals surface area contributed by atoms with E-state index in [9.17, 15) is 9.59 Å². The molecule has 0 bridgehead atoms. The quantitative estimate of drug-likeness (QED) is 0.469. The van der Waals surface area contributed by atoms with Crippen LogP contribution < -0.4 is 0 Å². The van der Waals surface area contributed by atoms with E-state index in [1.807, 2.05) is 0 Å². The molecule has 0 rings (SSSR count). The first-order chi connectivity index (χ1) is 4.57. The van der Waals surface area contributed by atoms with Crippen molar-refractivity contribution in [2.24, 2.45) is 5.92 Å². The maximum Gasteiger partial charge on any atom is 0.328 e. The van der Waals surface area contributed by atoms with Crippen LogP contribution in [0.5, 0.6) is 0 Å². The third-order valence-corrected chi connectivity index (χ3v) is 1.09. The summed E-state index contributed by atoms with van der Waals surface area (Å²) in [6.45, 7) is 3.53. The molecule has 10 heavy (non-hydrogen) atoms. The SMILES string of the molecule is CC(C)C(C=O)=CC(=O)O. The molecule has 56 valence electrons. The van der Waals surface area contributed by atoms with E-state index < -0.39 is 5.97 Å². The molecule has 0 aliphatic rings. The summed E-state index contributed by atoms with van der Waals surface area (Å²) >= 11 is 0. The zero-order chi connectivity index (χ0) is 8.15. The van der Waals surface area contributed by atoms with Crippen molar-refractivity contribution in [3.05, 3.63) is 11.6 Å². The normalized spacial score (nSPS) is 11.7. The van der Waals surface area contributed by atoms with Crippen molar-refractivity contribution in [2.75, 3.05) is 0 Å². The highest BCUT2D eigenvalue weighted by Crippen LogP contribution is 2.04. The molecular formula is C7H10O3. The Balaban J connectivity index is 4.33. The van der Waals surface area contributed by atoms with Gasteiger partial charge in [-0.3, -0.25) is 4.79 Å². The summed E-state index contributed by atoms with van der Waals surface area (Å²) in [6, 6.07) is 0. The molecule has 0 aliphatic heterocycles. The average Bonchev–Trinajstić information content (AvgIpc) is 1.81. The largest absolute Gasteiger partial charge is 0.478 e. The molecule has 0 heterocycles. The van der Waals surface area contributed by atoms with Gasteiger partial charge in [-0.05, 0) is 5.92 Å². The number of aldehydes is 1. The third kappa shape index (κ3) is 3.02. The van der Waals surface area contributed by atoms with Gasteiger partial charge in [-0.25, -0.2) is 4.79 Å². The zero-order valence-electron chi connectivity index (χ0n) is 6.00. The fraction of sp³-hybridized carbons (Fsp3) is 0.429. The smallest absolute Gasteiger partial charge is 0.328 e. The first kappa shape index (κ1) is 8.88. The van der Waals surface area contributed by atoms with E-state index in [0.29, 0.717) is 11.9 Å². The lowest BCUT2D eigenvalue weighted by Crippen LogP contribution is -1.99. The maximum absolute atomic E-state index is 10.2. The molecule has 0 aromatic rings. The molecule has 0 saturated carbocycles. The first-order valence-electron chi connectivity index (χ1n) is 2.97. The van der Waals surface area contributed by atoms with Crippen LogP contribution in [0.3, 0.4) is 0 Å². The van der Waals surface area contributed by atoms with Crippen LogP contribution in [0.4, 0.5) is 0 Å². The summed E-state index contributed by atoms with van der Waals surface area (Å²) in [5.41, 5.74) is 0.313. The molecule has 1 N–H and O–H groups in total. The zero-order valence-corrected chi connectivity index (χ0v) is 6.00. The van der Waals surface area contributed by atoms with Gasteiger partial charge in [-0.2, -0.15) is 0 Å². The molecule has 0 aliphatic carbocycles. The van der Waals surface area contributed by atoms with Crippen LogP contribution in [-0.4, -0.2) is 17.4 Å². The van der Waals surface area contributed by atoms with Crippen molar-refractivity contribution in [3.63, 3.8) is 0 Å². The fourth-order valence-electron chi connectivity index (χ4n) is 0.479. The van der Waals surface area contributed by atoms with E-state index in [1.54, 1.807) is 13.8 Å². The lowest BCUT2D eigenvalue weighted by atomic mass is 10.1. The number of allylic oxidation sites excluding steroid dienone is 1. The summed E-state index contributed by atoms with van der Waals surface area (Å²) in [5, 5.41) is 8.23. The molecule has 0 aromatic carbocycles. The Bertz CT molecular complexity index is 168. The second-order valence-electron chi connectivity index (χ2n) is 2.26. The number of carbonyl (C=O) groups excluding carboxylic acids is 1. The minimum atomic E-state index is -1.07. The van der Waals surface area contributed by atoms with E-state index in [2.05, 4.69) is 0 Å². The van der Waals surface area contributed by atoms with E-state index in [-0.39, 0.29) is 5.92 Å². The fourth-order valence-corrected chi connectivity index (χ4v) is 0.479. The molecule has 0 radical (unpaired) electrons. The van der Waals surface area contributed by atoms with Gasteiger partial charge >= 0.3 is 5.97 Å². The topological polar surface area (TPSA) is 54.4 Å². The van der Waals surface area contributed by atoms with E-state index in [1.165, 1.54) is 0 Å². The van der Waals surface area contributed by atoms with Gasteiger partial charge < -0.3 is 5.11 Å². The summed E-state index contributed by atoms with van der Waals surface area (Å²) in [6.07, 6.45) is 1.50. The van der Waals surface area contributed by atoms with E-state index in [0.717, 1.165) is 6.08 Å². The second kappa shape index (κ2) is 3.82. The Labute approximate surface area is 59.4 Å². The number of hydrogen-bond donors (Lipinski definition) is 1. The molecule has 3 nitrogen and oxygen atoms in total. The van der Waals surface area contributed by atoms with Crippen LogP contribution in [0, 0.1) is 5.92 Å². The van der Waals surface area contributed by atoms with Crippen molar-refractivity contribution in [1.29, 1.82) is 0 Å². The van der Waals surface area contributed by atoms with Gasteiger partial charge in [0.1, 0.15) is 6.29 Å². The number of carboxylic acid groups (broad SMARTS) is 1. The van der Waals surface area contributed by atoms with Crippen LogP contribution >= 0.6 is 0 Å². The Morgan fingerprint density at radius 3 is 2.10 bits per heavy atom. The van der Waals surface area contributed by atoms with Crippen LogP contribution in [0.15, 0.2) is 11.6 Å². The number of hydrogen-bond acceptors (Lipinski definition) is 2. The highest BCUT2D eigenvalue weighted by molar-refractivity contribution is 5.88. The van der Waals surface area contributed by atoms with Crippen molar-refractivity contribution < 1.29 is 14.7 Å². The standard InChI is InChI=1S/C7H10O3/c1-5(2)6(4-8)3-7(9)10/h3-5H,1-2H3,(H,9,10). The van der Waals surface area contributed by atoms with Crippen molar-refractivity contribution in [1.82, 2.24) is 0 Å². The molecule has 3 heteroatoms. The monoisotopic (exact) mass is 142 g/mol. The summed E-state index contributed by atoms with van der Waals surface area (Å²) in [4.78, 5) is 20.2. The second-order valence-corrected chi connectivity index (χ2v) is 2.26. The Kier molecular flexibility index (Phi) is 3.39. The third-order valence-electron chi connectivity index (χ3n) is 1.09. The van der Waals surface area contributed by atoms with Crippen LogP contribution in [-0.2, 0) is 9.59 Å². The summed E-state index contributed by atoms with van der Waals surface area (Å²) < 4.78 is 0. The van der Waals surface area contributed by atoms with Crippen LogP contribution in [0.2, 0.25) is 0 Å². The molecule has 0 amide bonds. The first-order valence-corrected chi connectivity index (χ1v) is 2.97. The molecule has 0 unspecified atom stereocenters. The maximum atomic E-state index is 10.2. The molecule has 0 spiro atoms. The lowest BCUT2D eigenvalue weighted by molar-refractivity contribution is -0.131. The van der Waals surface area contributed by atoms with Gasteiger partial charge in [0.2, 0.25) is 0 Å². The van der Waals surface area contributed by atoms with Gasteiger partial charge in [-0.15, -0.1) is 0 Å². The number of carboxylic acids is 1. The predicted molar refractivity (Wildman–Crippen MR) is 36.6 cm³/mol. The summed E-state index contributed by atoms with van der Waals surface area (Å²) in [5.74, 6) is -1.09.